The number of ether oxygens (including phenoxy) is 5. The normalized spacial score (nSPS) is 11.2. The lowest BCUT2D eigenvalue weighted by atomic mass is 10.2. The van der Waals surface area contributed by atoms with Gasteiger partial charge in [0, 0.05) is 28.6 Å². The molecule has 0 aliphatic rings. The van der Waals surface area contributed by atoms with E-state index in [1.165, 1.54) is 34.7 Å². The van der Waals surface area contributed by atoms with Crippen molar-refractivity contribution < 1.29 is 38.0 Å². The topological polar surface area (TPSA) is 143 Å². The third-order valence-electron chi connectivity index (χ3n) is 6.83. The van der Waals surface area contributed by atoms with Gasteiger partial charge in [0.15, 0.2) is 10.9 Å². The minimum absolute atomic E-state index is 0.0385. The number of carboxylic acid groups (broad SMARTS) is 1. The van der Waals surface area contributed by atoms with Crippen molar-refractivity contribution in [2.24, 2.45) is 0 Å². The molecule has 0 unspecified atom stereocenters. The molecule has 6 aromatic rings. The van der Waals surface area contributed by atoms with E-state index in [1.807, 2.05) is 13.0 Å². The van der Waals surface area contributed by atoms with E-state index in [4.69, 9.17) is 28.1 Å². The van der Waals surface area contributed by atoms with Gasteiger partial charge >= 0.3 is 6.09 Å². The van der Waals surface area contributed by atoms with Gasteiger partial charge in [0.1, 0.15) is 40.9 Å². The van der Waals surface area contributed by atoms with Gasteiger partial charge in [0.25, 0.3) is 5.19 Å². The van der Waals surface area contributed by atoms with E-state index in [-0.39, 0.29) is 13.2 Å². The van der Waals surface area contributed by atoms with Crippen molar-refractivity contribution in [1.82, 2.24) is 19.6 Å². The van der Waals surface area contributed by atoms with E-state index < -0.39 is 6.09 Å². The second kappa shape index (κ2) is 11.9. The Labute approximate surface area is 258 Å². The lowest BCUT2D eigenvalue weighted by Gasteiger charge is -2.18. The summed E-state index contributed by atoms with van der Waals surface area (Å²) in [6, 6.07) is 10.6. The highest BCUT2D eigenvalue weighted by atomic mass is 32.1. The molecule has 13 nitrogen and oxygen atoms in total. The molecular formula is C29H27N5O8S2. The average Bonchev–Trinajstić information content (AvgIpc) is 3.81. The standard InChI is InChI=1S/C29H27N5O8S2/c1-15-20(31-27(43-15)33(29(35)36)13-16-6-7-17(37-2)8-22(16)39-4)14-41-23-9-18(38-3)10-24-19(23)11-25(42-24)21-12-30-26-34(21)32-28(40-5)44-26/h6-12H,13-14H2,1-5H3,(H,35,36). The smallest absolute Gasteiger partial charge is 0.413 e. The molecule has 0 radical (unpaired) electrons. The highest BCUT2D eigenvalue weighted by Crippen LogP contribution is 2.39. The Balaban J connectivity index is 1.27. The predicted octanol–water partition coefficient (Wildman–Crippen LogP) is 6.27. The van der Waals surface area contributed by atoms with Gasteiger partial charge in [-0.1, -0.05) is 0 Å². The molecule has 4 heterocycles. The number of carbonyl (C=O) groups is 1. The number of fused-ring (bicyclic) bond motifs is 2. The summed E-state index contributed by atoms with van der Waals surface area (Å²) in [7, 11) is 6.20. The summed E-state index contributed by atoms with van der Waals surface area (Å²) in [5.41, 5.74) is 2.47. The van der Waals surface area contributed by atoms with Crippen LogP contribution in [0.5, 0.6) is 28.2 Å². The van der Waals surface area contributed by atoms with E-state index in [9.17, 15) is 9.90 Å². The van der Waals surface area contributed by atoms with Crippen LogP contribution >= 0.6 is 22.7 Å². The molecule has 44 heavy (non-hydrogen) atoms. The minimum Gasteiger partial charge on any atom is -0.497 e. The zero-order valence-electron chi connectivity index (χ0n) is 24.3. The van der Waals surface area contributed by atoms with E-state index in [0.29, 0.717) is 72.0 Å². The molecule has 4 aromatic heterocycles. The number of aromatic nitrogens is 4. The van der Waals surface area contributed by atoms with E-state index in [1.54, 1.807) is 62.4 Å². The molecule has 0 atom stereocenters. The van der Waals surface area contributed by atoms with Crippen LogP contribution in [0.2, 0.25) is 0 Å². The van der Waals surface area contributed by atoms with Crippen LogP contribution in [-0.4, -0.2) is 59.2 Å². The molecule has 1 amide bonds. The Morgan fingerprint density at radius 1 is 1.00 bits per heavy atom. The van der Waals surface area contributed by atoms with E-state index in [2.05, 4.69) is 15.1 Å². The lowest BCUT2D eigenvalue weighted by molar-refractivity contribution is 0.201. The fraction of sp³-hybridized carbons (Fsp3) is 0.241. The van der Waals surface area contributed by atoms with Gasteiger partial charge in [-0.3, -0.25) is 0 Å². The zero-order chi connectivity index (χ0) is 31.0. The largest absolute Gasteiger partial charge is 0.497 e. The van der Waals surface area contributed by atoms with Gasteiger partial charge in [-0.2, -0.15) is 4.52 Å². The number of anilines is 1. The van der Waals surface area contributed by atoms with Gasteiger partial charge in [0.05, 0.1) is 52.3 Å². The fourth-order valence-electron chi connectivity index (χ4n) is 4.55. The van der Waals surface area contributed by atoms with Crippen LogP contribution in [0.15, 0.2) is 47.0 Å². The lowest BCUT2D eigenvalue weighted by Crippen LogP contribution is -2.28. The second-order valence-electron chi connectivity index (χ2n) is 9.39. The van der Waals surface area contributed by atoms with Gasteiger partial charge in [-0.05, 0) is 36.5 Å². The molecule has 6 rings (SSSR count). The van der Waals surface area contributed by atoms with Crippen LogP contribution in [0, 0.1) is 6.92 Å². The number of hydrogen-bond acceptors (Lipinski definition) is 12. The molecule has 0 spiro atoms. The summed E-state index contributed by atoms with van der Waals surface area (Å²) in [4.78, 5) is 24.0. The third kappa shape index (κ3) is 5.42. The van der Waals surface area contributed by atoms with Crippen LogP contribution in [-0.2, 0) is 13.2 Å². The number of methoxy groups -OCH3 is 4. The van der Waals surface area contributed by atoms with Gasteiger partial charge in [0.2, 0.25) is 4.96 Å². The van der Waals surface area contributed by atoms with Crippen LogP contribution in [0.1, 0.15) is 16.1 Å². The van der Waals surface area contributed by atoms with Crippen LogP contribution in [0.4, 0.5) is 9.93 Å². The molecule has 0 saturated heterocycles. The first-order valence-electron chi connectivity index (χ1n) is 13.1. The number of imidazole rings is 1. The Hall–Kier alpha value is -5.02. The number of benzene rings is 2. The summed E-state index contributed by atoms with van der Waals surface area (Å²) in [5.74, 6) is 2.72. The zero-order valence-corrected chi connectivity index (χ0v) is 25.9. The van der Waals surface area contributed by atoms with Crippen LogP contribution < -0.4 is 28.6 Å². The quantitative estimate of drug-likeness (QED) is 0.172. The number of rotatable bonds is 11. The summed E-state index contributed by atoms with van der Waals surface area (Å²) in [5, 5.41) is 16.0. The van der Waals surface area contributed by atoms with E-state index >= 15 is 0 Å². The number of furan rings is 1. The maximum Gasteiger partial charge on any atom is 0.413 e. The van der Waals surface area contributed by atoms with Crippen molar-refractivity contribution in [2.45, 2.75) is 20.1 Å². The van der Waals surface area contributed by atoms with Crippen molar-refractivity contribution >= 4 is 49.8 Å². The van der Waals surface area contributed by atoms with Crippen molar-refractivity contribution in [1.29, 1.82) is 0 Å². The maximum atomic E-state index is 12.3. The second-order valence-corrected chi connectivity index (χ2v) is 11.5. The molecule has 0 fully saturated rings. The Kier molecular flexibility index (Phi) is 7.88. The molecule has 0 bridgehead atoms. The van der Waals surface area contributed by atoms with Gasteiger partial charge < -0.3 is 33.2 Å². The summed E-state index contributed by atoms with van der Waals surface area (Å²) in [6.07, 6.45) is 0.542. The predicted molar refractivity (Wildman–Crippen MR) is 164 cm³/mol. The van der Waals surface area contributed by atoms with Gasteiger partial charge in [-0.25, -0.2) is 19.7 Å². The van der Waals surface area contributed by atoms with Crippen molar-refractivity contribution in [3.8, 4) is 39.6 Å². The Morgan fingerprint density at radius 3 is 2.52 bits per heavy atom. The fourth-order valence-corrected chi connectivity index (χ4v) is 6.15. The number of thiazole rings is 1. The average molecular weight is 638 g/mol. The monoisotopic (exact) mass is 637 g/mol. The molecule has 2 aromatic carbocycles. The summed E-state index contributed by atoms with van der Waals surface area (Å²) in [6.45, 7) is 2.00. The molecule has 0 aliphatic heterocycles. The van der Waals surface area contributed by atoms with Crippen LogP contribution in [0.3, 0.4) is 0 Å². The maximum absolute atomic E-state index is 12.3. The molecule has 15 heteroatoms. The van der Waals surface area contributed by atoms with Gasteiger partial charge in [-0.15, -0.1) is 16.4 Å². The SMILES string of the molecule is COc1ccc(CN(C(=O)O)c2nc(COc3cc(OC)cc4oc(-c5cnc6sc(OC)nn56)cc34)c(C)s2)c(OC)c1. The first-order chi connectivity index (χ1) is 21.3. The first-order valence-corrected chi connectivity index (χ1v) is 14.8. The number of aryl methyl sites for hydroxylation is 1. The third-order valence-corrected chi connectivity index (χ3v) is 8.75. The van der Waals surface area contributed by atoms with E-state index in [0.717, 1.165) is 4.88 Å². The van der Waals surface area contributed by atoms with Crippen molar-refractivity contribution in [3.05, 3.63) is 58.7 Å². The molecule has 228 valence electrons. The minimum atomic E-state index is -1.14. The first kappa shape index (κ1) is 29.1. The highest BCUT2D eigenvalue weighted by Gasteiger charge is 2.23. The number of nitrogens with zero attached hydrogens (tertiary/aromatic N) is 5. The van der Waals surface area contributed by atoms with Crippen LogP contribution in [0.25, 0.3) is 27.4 Å². The number of amides is 1. The van der Waals surface area contributed by atoms with Crippen molar-refractivity contribution in [2.75, 3.05) is 33.3 Å². The molecule has 0 aliphatic carbocycles. The molecular weight excluding hydrogens is 610 g/mol. The molecule has 1 N–H and O–H groups in total. The summed E-state index contributed by atoms with van der Waals surface area (Å²) >= 11 is 2.58. The highest BCUT2D eigenvalue weighted by molar-refractivity contribution is 7.18. The Bertz CT molecular complexity index is 1980. The Morgan fingerprint density at radius 2 is 1.80 bits per heavy atom. The van der Waals surface area contributed by atoms with Crippen molar-refractivity contribution in [3.63, 3.8) is 0 Å². The molecule has 0 saturated carbocycles. The number of hydrogen-bond donors (Lipinski definition) is 1. The summed E-state index contributed by atoms with van der Waals surface area (Å²) < 4.78 is 35.5.